The number of amides is 2. The van der Waals surface area contributed by atoms with Crippen molar-refractivity contribution in [2.45, 2.75) is 40.8 Å². The molecule has 36 heavy (non-hydrogen) atoms. The van der Waals surface area contributed by atoms with E-state index >= 15 is 0 Å². The van der Waals surface area contributed by atoms with Gasteiger partial charge in [-0.2, -0.15) is 0 Å². The van der Waals surface area contributed by atoms with Crippen molar-refractivity contribution >= 4 is 22.9 Å². The van der Waals surface area contributed by atoms with Gasteiger partial charge in [0.25, 0.3) is 5.91 Å². The van der Waals surface area contributed by atoms with Gasteiger partial charge in [-0.3, -0.25) is 9.78 Å². The number of fused-ring (bicyclic) bond motifs is 2. The van der Waals surface area contributed by atoms with Crippen molar-refractivity contribution in [3.05, 3.63) is 65.1 Å². The number of nitrogens with zero attached hydrogens (tertiary/aromatic N) is 3. The van der Waals surface area contributed by atoms with Crippen molar-refractivity contribution in [2.75, 3.05) is 26.3 Å². The topological polar surface area (TPSA) is 92.2 Å². The third kappa shape index (κ3) is 5.41. The normalized spacial score (nSPS) is 14.4. The summed E-state index contributed by atoms with van der Waals surface area (Å²) in [5.74, 6) is -0.796. The van der Waals surface area contributed by atoms with E-state index in [4.69, 9.17) is 9.47 Å². The van der Waals surface area contributed by atoms with Crippen LogP contribution in [-0.2, 0) is 17.8 Å². The van der Waals surface area contributed by atoms with Crippen molar-refractivity contribution in [3.8, 4) is 11.5 Å². The SMILES string of the molecule is CC.CC.O=C(Oc1c2c(c(O)c3ncccc13)C(=O)N(Cc1ccc(F)cc1)C2)N1CCOCC1. The lowest BCUT2D eigenvalue weighted by Gasteiger charge is -2.26. The third-order valence-electron chi connectivity index (χ3n) is 5.68. The van der Waals surface area contributed by atoms with Crippen LogP contribution in [0.4, 0.5) is 9.18 Å². The summed E-state index contributed by atoms with van der Waals surface area (Å²) in [6.45, 7) is 10.0. The second-order valence-corrected chi connectivity index (χ2v) is 7.69. The predicted molar refractivity (Wildman–Crippen MR) is 134 cm³/mol. The van der Waals surface area contributed by atoms with E-state index in [1.165, 1.54) is 28.1 Å². The van der Waals surface area contributed by atoms with Crippen molar-refractivity contribution in [3.63, 3.8) is 0 Å². The first kappa shape index (κ1) is 26.9. The van der Waals surface area contributed by atoms with Crippen molar-refractivity contribution in [1.82, 2.24) is 14.8 Å². The Morgan fingerprint density at radius 3 is 2.44 bits per heavy atom. The van der Waals surface area contributed by atoms with Gasteiger partial charge in [0.1, 0.15) is 17.1 Å². The molecular weight excluding hydrogens is 465 g/mol. The molecule has 1 aromatic heterocycles. The zero-order valence-corrected chi connectivity index (χ0v) is 21.1. The molecule has 0 atom stereocenters. The molecule has 1 fully saturated rings. The summed E-state index contributed by atoms with van der Waals surface area (Å²) in [6, 6.07) is 9.22. The molecule has 0 bridgehead atoms. The average molecular weight is 498 g/mol. The van der Waals surface area contributed by atoms with E-state index in [0.717, 1.165) is 5.56 Å². The molecule has 2 aromatic carbocycles. The predicted octanol–water partition coefficient (Wildman–Crippen LogP) is 5.12. The second-order valence-electron chi connectivity index (χ2n) is 7.69. The van der Waals surface area contributed by atoms with E-state index in [-0.39, 0.29) is 41.5 Å². The van der Waals surface area contributed by atoms with Crippen LogP contribution in [0.1, 0.15) is 49.2 Å². The molecule has 2 amide bonds. The van der Waals surface area contributed by atoms with Gasteiger partial charge >= 0.3 is 6.09 Å². The molecule has 5 rings (SSSR count). The molecule has 0 unspecified atom stereocenters. The Labute approximate surface area is 210 Å². The highest BCUT2D eigenvalue weighted by molar-refractivity contribution is 6.09. The van der Waals surface area contributed by atoms with Crippen LogP contribution in [0.2, 0.25) is 0 Å². The Hall–Kier alpha value is -3.72. The molecule has 3 aromatic rings. The van der Waals surface area contributed by atoms with Crippen LogP contribution < -0.4 is 4.74 Å². The molecule has 8 nitrogen and oxygen atoms in total. The van der Waals surface area contributed by atoms with Crippen LogP contribution in [-0.4, -0.2) is 58.2 Å². The molecule has 0 radical (unpaired) electrons. The fourth-order valence-corrected chi connectivity index (χ4v) is 4.07. The Bertz CT molecular complexity index is 1210. The van der Waals surface area contributed by atoms with Crippen molar-refractivity contribution in [1.29, 1.82) is 0 Å². The summed E-state index contributed by atoms with van der Waals surface area (Å²) >= 11 is 0. The van der Waals surface area contributed by atoms with Gasteiger partial charge in [-0.1, -0.05) is 39.8 Å². The minimum absolute atomic E-state index is 0.0723. The summed E-state index contributed by atoms with van der Waals surface area (Å²) in [5.41, 5.74) is 1.43. The summed E-state index contributed by atoms with van der Waals surface area (Å²) in [5, 5.41) is 11.3. The summed E-state index contributed by atoms with van der Waals surface area (Å²) in [7, 11) is 0. The first-order valence-electron chi connectivity index (χ1n) is 12.2. The maximum Gasteiger partial charge on any atom is 0.415 e. The van der Waals surface area contributed by atoms with Crippen molar-refractivity contribution < 1.29 is 28.6 Å². The average Bonchev–Trinajstić information content (AvgIpc) is 3.26. The molecular formula is C27H32FN3O5. The standard InChI is InChI=1S/C23H20FN3O5.2C2H6/c24-15-5-3-14(4-6-15)12-27-13-17-18(22(27)29)20(28)19-16(2-1-7-25-19)21(17)32-23(30)26-8-10-31-11-9-26;2*1-2/h1-7,28H,8-13H2;2*1-2H3. The number of hydrogen-bond acceptors (Lipinski definition) is 6. The molecule has 1 N–H and O–H groups in total. The number of rotatable bonds is 3. The highest BCUT2D eigenvalue weighted by atomic mass is 19.1. The Morgan fingerprint density at radius 2 is 1.78 bits per heavy atom. The number of aromatic hydroxyl groups is 1. The Kier molecular flexibility index (Phi) is 9.19. The zero-order valence-electron chi connectivity index (χ0n) is 21.1. The fraction of sp³-hybridized carbons (Fsp3) is 0.370. The van der Waals surface area contributed by atoms with E-state index in [1.807, 2.05) is 27.7 Å². The molecule has 2 aliphatic heterocycles. The lowest BCUT2D eigenvalue weighted by atomic mass is 10.0. The zero-order chi connectivity index (χ0) is 26.2. The van der Waals surface area contributed by atoms with Gasteiger partial charge in [0, 0.05) is 36.8 Å². The van der Waals surface area contributed by atoms with Gasteiger partial charge in [0.15, 0.2) is 5.75 Å². The van der Waals surface area contributed by atoms with Crippen LogP contribution in [0.15, 0.2) is 42.6 Å². The number of phenolic OH excluding ortho intramolecular Hbond substituents is 1. The fourth-order valence-electron chi connectivity index (χ4n) is 4.07. The summed E-state index contributed by atoms with van der Waals surface area (Å²) in [4.78, 5) is 33.2. The van der Waals surface area contributed by atoms with Gasteiger partial charge < -0.3 is 24.4 Å². The first-order chi connectivity index (χ1) is 17.5. The van der Waals surface area contributed by atoms with Gasteiger partial charge in [0.05, 0.1) is 25.3 Å². The number of morpholine rings is 1. The highest BCUT2D eigenvalue weighted by Gasteiger charge is 2.36. The number of carbonyl (C=O) groups is 2. The lowest BCUT2D eigenvalue weighted by molar-refractivity contribution is 0.0416. The number of halogens is 1. The van der Waals surface area contributed by atoms with E-state index in [2.05, 4.69) is 4.98 Å². The molecule has 9 heteroatoms. The number of aromatic nitrogens is 1. The maximum absolute atomic E-state index is 13.3. The highest BCUT2D eigenvalue weighted by Crippen LogP contribution is 2.44. The van der Waals surface area contributed by atoms with Crippen LogP contribution >= 0.6 is 0 Å². The minimum atomic E-state index is -0.546. The monoisotopic (exact) mass is 497 g/mol. The number of phenols is 1. The molecule has 2 aliphatic rings. The van der Waals surface area contributed by atoms with E-state index < -0.39 is 12.0 Å². The van der Waals surface area contributed by atoms with Crippen LogP contribution in [0.25, 0.3) is 10.9 Å². The van der Waals surface area contributed by atoms with Crippen LogP contribution in [0.5, 0.6) is 11.5 Å². The molecule has 1 saturated heterocycles. The lowest BCUT2D eigenvalue weighted by Crippen LogP contribution is -2.42. The van der Waals surface area contributed by atoms with Gasteiger partial charge in [-0.15, -0.1) is 0 Å². The Balaban J connectivity index is 0.000000861. The van der Waals surface area contributed by atoms with Crippen molar-refractivity contribution in [2.24, 2.45) is 0 Å². The first-order valence-corrected chi connectivity index (χ1v) is 12.2. The number of carbonyl (C=O) groups excluding carboxylic acids is 2. The molecule has 0 spiro atoms. The quantitative estimate of drug-likeness (QED) is 0.540. The minimum Gasteiger partial charge on any atom is -0.505 e. The third-order valence-corrected chi connectivity index (χ3v) is 5.68. The number of ether oxygens (including phenoxy) is 2. The number of benzene rings is 2. The van der Waals surface area contributed by atoms with E-state index in [9.17, 15) is 19.1 Å². The largest absolute Gasteiger partial charge is 0.505 e. The summed E-state index contributed by atoms with van der Waals surface area (Å²) < 4.78 is 24.3. The van der Waals surface area contributed by atoms with Gasteiger partial charge in [0.2, 0.25) is 0 Å². The van der Waals surface area contributed by atoms with E-state index in [1.54, 1.807) is 24.3 Å². The Morgan fingerprint density at radius 1 is 1.11 bits per heavy atom. The molecule has 3 heterocycles. The van der Waals surface area contributed by atoms with Gasteiger partial charge in [-0.25, -0.2) is 9.18 Å². The van der Waals surface area contributed by atoms with Crippen LogP contribution in [0, 0.1) is 5.82 Å². The molecule has 0 aliphatic carbocycles. The number of pyridine rings is 1. The van der Waals surface area contributed by atoms with Gasteiger partial charge in [-0.05, 0) is 29.8 Å². The smallest absolute Gasteiger partial charge is 0.415 e. The molecule has 192 valence electrons. The number of hydrogen-bond donors (Lipinski definition) is 1. The second kappa shape index (κ2) is 12.3. The van der Waals surface area contributed by atoms with E-state index in [0.29, 0.717) is 37.3 Å². The summed E-state index contributed by atoms with van der Waals surface area (Å²) in [6.07, 6.45) is 0.952. The molecule has 0 saturated carbocycles. The van der Waals surface area contributed by atoms with Crippen LogP contribution in [0.3, 0.4) is 0 Å². The maximum atomic E-state index is 13.3.